The number of para-hydroxylation sites is 1. The van der Waals surface area contributed by atoms with Crippen LogP contribution in [0.2, 0.25) is 0 Å². The van der Waals surface area contributed by atoms with Gasteiger partial charge in [0, 0.05) is 11.6 Å². The molecule has 1 aromatic heterocycles. The molecule has 0 spiro atoms. The molecule has 0 radical (unpaired) electrons. The maximum absolute atomic E-state index is 12.1. The summed E-state index contributed by atoms with van der Waals surface area (Å²) in [6.45, 7) is 2.00. The molecule has 0 aliphatic rings. The number of rotatable bonds is 4. The van der Waals surface area contributed by atoms with E-state index < -0.39 is 0 Å². The molecule has 0 unspecified atom stereocenters. The molecule has 116 valence electrons. The number of carbonyl (C=O) groups is 1. The Morgan fingerprint density at radius 2 is 2.09 bits per heavy atom. The lowest BCUT2D eigenvalue weighted by Gasteiger charge is -2.05. The van der Waals surface area contributed by atoms with Crippen LogP contribution in [0.15, 0.2) is 48.5 Å². The first-order chi connectivity index (χ1) is 11.2. The van der Waals surface area contributed by atoms with Crippen LogP contribution in [0, 0.1) is 6.92 Å². The molecule has 0 fully saturated rings. The van der Waals surface area contributed by atoms with E-state index in [1.807, 2.05) is 49.4 Å². The van der Waals surface area contributed by atoms with Crippen molar-refractivity contribution >= 4 is 38.7 Å². The van der Waals surface area contributed by atoms with Crippen molar-refractivity contribution in [2.75, 3.05) is 12.4 Å². The Bertz CT molecular complexity index is 851. The fourth-order valence-electron chi connectivity index (χ4n) is 2.22. The fraction of sp³-hybridized carbons (Fsp3) is 0.111. The third-order valence-electron chi connectivity index (χ3n) is 3.32. The average molecular weight is 324 g/mol. The SMILES string of the molecule is COc1ccc(C)cc1/C=C/C(=O)Nc1nc2ccccc2s1. The number of aryl methyl sites for hydroxylation is 1. The standard InChI is InChI=1S/C18H16N2O2S/c1-12-7-9-15(22-2)13(11-12)8-10-17(21)20-18-19-14-5-3-4-6-16(14)23-18/h3-11H,1-2H3,(H,19,20,21)/b10-8+. The molecule has 23 heavy (non-hydrogen) atoms. The number of thiazole rings is 1. The summed E-state index contributed by atoms with van der Waals surface area (Å²) in [7, 11) is 1.61. The predicted octanol–water partition coefficient (Wildman–Crippen LogP) is 4.27. The quantitative estimate of drug-likeness (QED) is 0.729. The Morgan fingerprint density at radius 3 is 2.87 bits per heavy atom. The molecule has 3 rings (SSSR count). The zero-order valence-electron chi connectivity index (χ0n) is 12.9. The van der Waals surface area contributed by atoms with Gasteiger partial charge in [-0.25, -0.2) is 4.98 Å². The molecular formula is C18H16N2O2S. The monoisotopic (exact) mass is 324 g/mol. The lowest BCUT2D eigenvalue weighted by Crippen LogP contribution is -2.07. The Hall–Kier alpha value is -2.66. The van der Waals surface area contributed by atoms with Crippen molar-refractivity contribution in [1.29, 1.82) is 0 Å². The molecular weight excluding hydrogens is 308 g/mol. The molecule has 1 amide bonds. The molecule has 1 N–H and O–H groups in total. The third-order valence-corrected chi connectivity index (χ3v) is 4.28. The van der Waals surface area contributed by atoms with Crippen molar-refractivity contribution in [3.8, 4) is 5.75 Å². The van der Waals surface area contributed by atoms with E-state index in [1.165, 1.54) is 17.4 Å². The van der Waals surface area contributed by atoms with Crippen molar-refractivity contribution in [2.24, 2.45) is 0 Å². The van der Waals surface area contributed by atoms with Gasteiger partial charge in [0.2, 0.25) is 5.91 Å². The van der Waals surface area contributed by atoms with Gasteiger partial charge in [0.05, 0.1) is 17.3 Å². The van der Waals surface area contributed by atoms with Gasteiger partial charge in [-0.05, 0) is 37.3 Å². The van der Waals surface area contributed by atoms with Crippen LogP contribution >= 0.6 is 11.3 Å². The van der Waals surface area contributed by atoms with Crippen LogP contribution in [-0.2, 0) is 4.79 Å². The summed E-state index contributed by atoms with van der Waals surface area (Å²) in [4.78, 5) is 16.5. The summed E-state index contributed by atoms with van der Waals surface area (Å²) in [5.74, 6) is 0.521. The second-order valence-corrected chi connectivity index (χ2v) is 6.09. The number of methoxy groups -OCH3 is 1. The van der Waals surface area contributed by atoms with Crippen LogP contribution < -0.4 is 10.1 Å². The van der Waals surface area contributed by atoms with Crippen LogP contribution in [0.25, 0.3) is 16.3 Å². The van der Waals surface area contributed by atoms with Gasteiger partial charge in [-0.1, -0.05) is 35.1 Å². The molecule has 4 nitrogen and oxygen atoms in total. The smallest absolute Gasteiger partial charge is 0.250 e. The number of fused-ring (bicyclic) bond motifs is 1. The Kier molecular flexibility index (Phi) is 4.39. The van der Waals surface area contributed by atoms with Crippen LogP contribution in [0.3, 0.4) is 0 Å². The van der Waals surface area contributed by atoms with E-state index in [0.29, 0.717) is 5.13 Å². The van der Waals surface area contributed by atoms with Crippen molar-refractivity contribution in [2.45, 2.75) is 6.92 Å². The van der Waals surface area contributed by atoms with Gasteiger partial charge in [0.25, 0.3) is 0 Å². The summed E-state index contributed by atoms with van der Waals surface area (Å²) in [5.41, 5.74) is 2.86. The number of nitrogens with one attached hydrogen (secondary N) is 1. The van der Waals surface area contributed by atoms with Gasteiger partial charge in [-0.3, -0.25) is 10.1 Å². The molecule has 5 heteroatoms. The van der Waals surface area contributed by atoms with Gasteiger partial charge >= 0.3 is 0 Å². The normalized spacial score (nSPS) is 11.0. The summed E-state index contributed by atoms with van der Waals surface area (Å²) in [5, 5.41) is 3.39. The highest BCUT2D eigenvalue weighted by Gasteiger charge is 2.06. The maximum atomic E-state index is 12.1. The number of carbonyl (C=O) groups excluding carboxylic acids is 1. The number of anilines is 1. The van der Waals surface area contributed by atoms with Crippen LogP contribution in [-0.4, -0.2) is 18.0 Å². The Balaban J connectivity index is 1.75. The zero-order chi connectivity index (χ0) is 16.2. The van der Waals surface area contributed by atoms with E-state index in [-0.39, 0.29) is 5.91 Å². The molecule has 0 aliphatic heterocycles. The summed E-state index contributed by atoms with van der Waals surface area (Å²) in [6.07, 6.45) is 3.23. The maximum Gasteiger partial charge on any atom is 0.250 e. The number of hydrogen-bond donors (Lipinski definition) is 1. The minimum Gasteiger partial charge on any atom is -0.496 e. The first-order valence-electron chi connectivity index (χ1n) is 7.15. The van der Waals surface area contributed by atoms with Crippen molar-refractivity contribution in [3.63, 3.8) is 0 Å². The van der Waals surface area contributed by atoms with Gasteiger partial charge < -0.3 is 4.74 Å². The predicted molar refractivity (Wildman–Crippen MR) is 95.0 cm³/mol. The van der Waals surface area contributed by atoms with Crippen LogP contribution in [0.4, 0.5) is 5.13 Å². The molecule has 0 saturated carbocycles. The highest BCUT2D eigenvalue weighted by molar-refractivity contribution is 7.22. The highest BCUT2D eigenvalue weighted by Crippen LogP contribution is 2.25. The molecule has 0 aliphatic carbocycles. The molecule has 2 aromatic carbocycles. The summed E-state index contributed by atoms with van der Waals surface area (Å²) in [6, 6.07) is 13.6. The first-order valence-corrected chi connectivity index (χ1v) is 7.96. The lowest BCUT2D eigenvalue weighted by molar-refractivity contribution is -0.111. The van der Waals surface area contributed by atoms with E-state index in [2.05, 4.69) is 10.3 Å². The highest BCUT2D eigenvalue weighted by atomic mass is 32.1. The minimum absolute atomic E-state index is 0.215. The second kappa shape index (κ2) is 6.62. The average Bonchev–Trinajstić information content (AvgIpc) is 2.95. The molecule has 0 atom stereocenters. The second-order valence-electron chi connectivity index (χ2n) is 5.05. The number of nitrogens with zero attached hydrogens (tertiary/aromatic N) is 1. The van der Waals surface area contributed by atoms with Crippen molar-refractivity contribution in [3.05, 3.63) is 59.7 Å². The number of hydrogen-bond acceptors (Lipinski definition) is 4. The molecule has 0 bridgehead atoms. The number of aromatic nitrogens is 1. The summed E-state index contributed by atoms with van der Waals surface area (Å²) >= 11 is 1.46. The van der Waals surface area contributed by atoms with Crippen molar-refractivity contribution in [1.82, 2.24) is 4.98 Å². The fourth-order valence-corrected chi connectivity index (χ4v) is 3.09. The largest absolute Gasteiger partial charge is 0.496 e. The van der Waals surface area contributed by atoms with Gasteiger partial charge in [-0.15, -0.1) is 0 Å². The van der Waals surface area contributed by atoms with Gasteiger partial charge in [0.15, 0.2) is 5.13 Å². The number of amides is 1. The number of ether oxygens (including phenoxy) is 1. The molecule has 1 heterocycles. The van der Waals surface area contributed by atoms with Crippen molar-refractivity contribution < 1.29 is 9.53 Å². The van der Waals surface area contributed by atoms with E-state index in [1.54, 1.807) is 13.2 Å². The van der Waals surface area contributed by atoms with E-state index in [4.69, 9.17) is 4.74 Å². The lowest BCUT2D eigenvalue weighted by atomic mass is 10.1. The zero-order valence-corrected chi connectivity index (χ0v) is 13.7. The topological polar surface area (TPSA) is 51.2 Å². The van der Waals surface area contributed by atoms with Gasteiger partial charge in [-0.2, -0.15) is 0 Å². The molecule has 3 aromatic rings. The van der Waals surface area contributed by atoms with Crippen LogP contribution in [0.5, 0.6) is 5.75 Å². The molecule has 0 saturated heterocycles. The van der Waals surface area contributed by atoms with E-state index >= 15 is 0 Å². The Labute approximate surface area is 138 Å². The van der Waals surface area contributed by atoms with Crippen LogP contribution in [0.1, 0.15) is 11.1 Å². The Morgan fingerprint density at radius 1 is 1.26 bits per heavy atom. The van der Waals surface area contributed by atoms with Gasteiger partial charge in [0.1, 0.15) is 5.75 Å². The van der Waals surface area contributed by atoms with E-state index in [0.717, 1.165) is 27.1 Å². The van der Waals surface area contributed by atoms with E-state index in [9.17, 15) is 4.79 Å². The minimum atomic E-state index is -0.215. The summed E-state index contributed by atoms with van der Waals surface area (Å²) < 4.78 is 6.35. The number of benzene rings is 2. The third kappa shape index (κ3) is 3.57. The first kappa shape index (κ1) is 15.2.